The molecule has 0 heterocycles. The van der Waals surface area contributed by atoms with Crippen molar-refractivity contribution in [2.45, 2.75) is 18.1 Å². The van der Waals surface area contributed by atoms with E-state index in [1.54, 1.807) is 0 Å². The number of hydrogen-bond donors (Lipinski definition) is 1. The van der Waals surface area contributed by atoms with Crippen LogP contribution in [0.25, 0.3) is 0 Å². The Balaban J connectivity index is 3.22. The number of carbonyl (C=O) groups is 1. The second-order valence-corrected chi connectivity index (χ2v) is 4.41. The van der Waals surface area contributed by atoms with Crippen molar-refractivity contribution in [2.75, 3.05) is 12.5 Å². The number of nitrogens with one attached hydrogen (secondary N) is 1. The number of halogens is 7. The quantitative estimate of drug-likeness (QED) is 0.502. The summed E-state index contributed by atoms with van der Waals surface area (Å²) in [5, 5.41) is 0.892. The lowest BCUT2D eigenvalue weighted by molar-refractivity contribution is -0.387. The van der Waals surface area contributed by atoms with Crippen molar-refractivity contribution in [1.82, 2.24) is 5.32 Å². The zero-order valence-electron chi connectivity index (χ0n) is 10.8. The van der Waals surface area contributed by atoms with Gasteiger partial charge >= 0.3 is 18.1 Å². The topological polar surface area (TPSA) is 38.3 Å². The minimum atomic E-state index is -5.93. The average Bonchev–Trinajstić information content (AvgIpc) is 2.41. The van der Waals surface area contributed by atoms with Gasteiger partial charge < -0.3 is 10.1 Å². The van der Waals surface area contributed by atoms with E-state index in [4.69, 9.17) is 11.6 Å². The largest absolute Gasteiger partial charge is 0.446 e. The van der Waals surface area contributed by atoms with Crippen molar-refractivity contribution in [1.29, 1.82) is 0 Å². The van der Waals surface area contributed by atoms with Gasteiger partial charge in [0.1, 0.15) is 0 Å². The van der Waals surface area contributed by atoms with Crippen LogP contribution in [0.15, 0.2) is 30.3 Å². The minimum Gasteiger partial charge on any atom is -0.339 e. The lowest BCUT2D eigenvalue weighted by atomic mass is 10.1. The van der Waals surface area contributed by atoms with Crippen molar-refractivity contribution >= 4 is 17.5 Å². The maximum absolute atomic E-state index is 13.0. The first kappa shape index (κ1) is 18.6. The van der Waals surface area contributed by atoms with Gasteiger partial charge in [0.25, 0.3) is 5.91 Å². The molecule has 1 rings (SSSR count). The number of ether oxygens (including phenoxy) is 1. The van der Waals surface area contributed by atoms with Gasteiger partial charge in [-0.3, -0.25) is 4.79 Å². The number of alkyl halides is 7. The van der Waals surface area contributed by atoms with E-state index in [2.05, 4.69) is 4.74 Å². The lowest BCUT2D eigenvalue weighted by Crippen LogP contribution is -2.69. The summed E-state index contributed by atoms with van der Waals surface area (Å²) in [5.74, 6) is -2.19. The molecule has 0 saturated heterocycles. The van der Waals surface area contributed by atoms with Crippen molar-refractivity contribution < 1.29 is 35.9 Å². The Kier molecular flexibility index (Phi) is 5.69. The molecule has 10 heteroatoms. The third-order valence-electron chi connectivity index (χ3n) is 2.52. The maximum Gasteiger partial charge on any atom is 0.446 e. The first-order valence-corrected chi connectivity index (χ1v) is 6.29. The van der Waals surface area contributed by atoms with E-state index in [-0.39, 0.29) is 5.56 Å². The summed E-state index contributed by atoms with van der Waals surface area (Å²) in [6.45, 7) is -1.06. The van der Waals surface area contributed by atoms with Crippen LogP contribution in [-0.4, -0.2) is 36.5 Å². The molecule has 0 bridgehead atoms. The summed E-state index contributed by atoms with van der Waals surface area (Å²) in [6, 6.07) is 6.15. The monoisotopic (exact) mass is 349 g/mol. The Morgan fingerprint density at radius 2 is 1.55 bits per heavy atom. The van der Waals surface area contributed by atoms with Gasteiger partial charge in [0.2, 0.25) is 0 Å². The van der Waals surface area contributed by atoms with E-state index in [1.807, 2.05) is 0 Å². The molecule has 0 spiro atoms. The van der Waals surface area contributed by atoms with Crippen LogP contribution in [0.5, 0.6) is 0 Å². The SMILES string of the molecule is O=C(NC(OCCCl)(C(F)(F)F)C(F)(F)F)c1ccccc1. The average molecular weight is 350 g/mol. The van der Waals surface area contributed by atoms with E-state index in [9.17, 15) is 31.1 Å². The van der Waals surface area contributed by atoms with Crippen LogP contribution in [0, 0.1) is 0 Å². The van der Waals surface area contributed by atoms with Crippen LogP contribution in [0.4, 0.5) is 26.3 Å². The highest BCUT2D eigenvalue weighted by atomic mass is 35.5. The van der Waals surface area contributed by atoms with Crippen LogP contribution in [0.1, 0.15) is 10.4 Å². The van der Waals surface area contributed by atoms with Gasteiger partial charge in [-0.05, 0) is 12.1 Å². The molecule has 0 saturated carbocycles. The van der Waals surface area contributed by atoms with Crippen molar-refractivity contribution in [2.24, 2.45) is 0 Å². The number of hydrogen-bond acceptors (Lipinski definition) is 2. The summed E-state index contributed by atoms with van der Waals surface area (Å²) in [7, 11) is 0. The zero-order chi connectivity index (χ0) is 17.0. The Morgan fingerprint density at radius 1 is 1.05 bits per heavy atom. The van der Waals surface area contributed by atoms with Crippen LogP contribution < -0.4 is 5.32 Å². The van der Waals surface area contributed by atoms with E-state index >= 15 is 0 Å². The predicted molar refractivity (Wildman–Crippen MR) is 65.4 cm³/mol. The highest BCUT2D eigenvalue weighted by Gasteiger charge is 2.73. The van der Waals surface area contributed by atoms with E-state index in [0.717, 1.165) is 17.4 Å². The predicted octanol–water partition coefficient (Wildman–Crippen LogP) is 3.49. The van der Waals surface area contributed by atoms with Crippen molar-refractivity contribution in [3.63, 3.8) is 0 Å². The van der Waals surface area contributed by atoms with E-state index in [1.165, 1.54) is 18.2 Å². The number of rotatable bonds is 5. The normalized spacial score (nSPS) is 13.0. The smallest absolute Gasteiger partial charge is 0.339 e. The standard InChI is InChI=1S/C12H10ClF6NO2/c13-6-7-22-10(11(14,15)16,12(17,18)19)20-9(21)8-4-2-1-3-5-8/h1-5H,6-7H2,(H,20,21). The molecule has 0 aliphatic carbocycles. The molecule has 124 valence electrons. The highest BCUT2D eigenvalue weighted by Crippen LogP contribution is 2.44. The number of amides is 1. The summed E-state index contributed by atoms with van der Waals surface area (Å²) in [5.41, 5.74) is -5.21. The van der Waals surface area contributed by atoms with Crippen LogP contribution >= 0.6 is 11.6 Å². The van der Waals surface area contributed by atoms with Crippen molar-refractivity contribution in [3.05, 3.63) is 35.9 Å². The Hall–Kier alpha value is -1.48. The molecule has 0 unspecified atom stereocenters. The van der Waals surface area contributed by atoms with E-state index < -0.39 is 36.5 Å². The molecule has 3 nitrogen and oxygen atoms in total. The fourth-order valence-corrected chi connectivity index (χ4v) is 1.59. The van der Waals surface area contributed by atoms with Crippen LogP contribution in [-0.2, 0) is 4.74 Å². The number of carbonyl (C=O) groups excluding carboxylic acids is 1. The first-order valence-electron chi connectivity index (χ1n) is 5.76. The molecule has 1 aromatic rings. The van der Waals surface area contributed by atoms with Gasteiger partial charge in [0.05, 0.1) is 6.61 Å². The summed E-state index contributed by atoms with van der Waals surface area (Å²) in [4.78, 5) is 11.7. The van der Waals surface area contributed by atoms with Gasteiger partial charge in [-0.1, -0.05) is 18.2 Å². The van der Waals surface area contributed by atoms with Gasteiger partial charge in [-0.2, -0.15) is 26.3 Å². The molecule has 0 radical (unpaired) electrons. The van der Waals surface area contributed by atoms with Crippen LogP contribution in [0.2, 0.25) is 0 Å². The summed E-state index contributed by atoms with van der Waals surface area (Å²) < 4.78 is 81.7. The van der Waals surface area contributed by atoms with Gasteiger partial charge in [0, 0.05) is 11.4 Å². The van der Waals surface area contributed by atoms with Gasteiger partial charge in [-0.25, -0.2) is 0 Å². The fraction of sp³-hybridized carbons (Fsp3) is 0.417. The molecule has 1 aromatic carbocycles. The lowest BCUT2D eigenvalue weighted by Gasteiger charge is -2.37. The Bertz CT molecular complexity index is 489. The molecule has 0 aliphatic rings. The second-order valence-electron chi connectivity index (χ2n) is 4.03. The fourth-order valence-electron chi connectivity index (χ4n) is 1.52. The van der Waals surface area contributed by atoms with Gasteiger partial charge in [0.15, 0.2) is 0 Å². The Morgan fingerprint density at radius 3 is 1.95 bits per heavy atom. The molecule has 1 amide bonds. The molecular weight excluding hydrogens is 340 g/mol. The summed E-state index contributed by atoms with van der Waals surface area (Å²) in [6.07, 6.45) is -11.9. The summed E-state index contributed by atoms with van der Waals surface area (Å²) >= 11 is 5.09. The Labute approximate surface area is 126 Å². The molecule has 1 N–H and O–H groups in total. The zero-order valence-corrected chi connectivity index (χ0v) is 11.5. The molecule has 0 aliphatic heterocycles. The van der Waals surface area contributed by atoms with E-state index in [0.29, 0.717) is 0 Å². The molecule has 0 fully saturated rings. The third kappa shape index (κ3) is 3.83. The third-order valence-corrected chi connectivity index (χ3v) is 2.67. The molecule has 0 aromatic heterocycles. The highest BCUT2D eigenvalue weighted by molar-refractivity contribution is 6.17. The molecule has 0 atom stereocenters. The van der Waals surface area contributed by atoms with Gasteiger partial charge in [-0.15, -0.1) is 11.6 Å². The molecular formula is C12H10ClF6NO2. The number of benzene rings is 1. The first-order chi connectivity index (χ1) is 10.0. The second kappa shape index (κ2) is 6.74. The maximum atomic E-state index is 13.0. The van der Waals surface area contributed by atoms with Crippen LogP contribution in [0.3, 0.4) is 0 Å². The molecule has 22 heavy (non-hydrogen) atoms. The minimum absolute atomic E-state index is 0.380. The van der Waals surface area contributed by atoms with Crippen molar-refractivity contribution in [3.8, 4) is 0 Å².